The highest BCUT2D eigenvalue weighted by Gasteiger charge is 2.19. The Labute approximate surface area is 152 Å². The normalized spacial score (nSPS) is 17.4. The van der Waals surface area contributed by atoms with Crippen molar-refractivity contribution < 1.29 is 18.8 Å². The summed E-state index contributed by atoms with van der Waals surface area (Å²) in [7, 11) is 0. The van der Waals surface area contributed by atoms with Gasteiger partial charge in [-0.15, -0.1) is 0 Å². The number of piperidine rings is 1. The highest BCUT2D eigenvalue weighted by Crippen LogP contribution is 2.19. The number of likely N-dealkylation sites (tertiary alicyclic amines) is 1. The highest BCUT2D eigenvalue weighted by molar-refractivity contribution is 6.39. The number of hydrogen-bond acceptors (Lipinski definition) is 4. The van der Waals surface area contributed by atoms with Crippen molar-refractivity contribution >= 4 is 29.1 Å². The molecule has 1 fully saturated rings. The van der Waals surface area contributed by atoms with Gasteiger partial charge in [0, 0.05) is 31.7 Å². The summed E-state index contributed by atoms with van der Waals surface area (Å²) in [6.07, 6.45) is 3.50. The molecular weight excluding hydrogens is 339 g/mol. The second-order valence-corrected chi connectivity index (χ2v) is 6.47. The number of carbonyl (C=O) groups excluding carboxylic acids is 3. The van der Waals surface area contributed by atoms with E-state index in [9.17, 15) is 18.8 Å². The third-order valence-electron chi connectivity index (χ3n) is 4.37. The molecule has 2 rings (SSSR count). The Morgan fingerprint density at radius 2 is 1.96 bits per heavy atom. The Morgan fingerprint density at radius 1 is 1.19 bits per heavy atom. The highest BCUT2D eigenvalue weighted by atomic mass is 19.1. The monoisotopic (exact) mass is 364 g/mol. The summed E-state index contributed by atoms with van der Waals surface area (Å²) in [6.45, 7) is 5.48. The quantitative estimate of drug-likeness (QED) is 0.694. The summed E-state index contributed by atoms with van der Waals surface area (Å²) in [5.74, 6) is -2.78. The molecule has 0 aliphatic carbocycles. The van der Waals surface area contributed by atoms with E-state index in [2.05, 4.69) is 27.8 Å². The summed E-state index contributed by atoms with van der Waals surface area (Å²) >= 11 is 0. The van der Waals surface area contributed by atoms with Crippen LogP contribution in [0.5, 0.6) is 0 Å². The molecule has 0 aromatic heterocycles. The predicted molar refractivity (Wildman–Crippen MR) is 97.2 cm³/mol. The maximum Gasteiger partial charge on any atom is 0.313 e. The fourth-order valence-electron chi connectivity index (χ4n) is 2.96. The molecule has 1 unspecified atom stereocenters. The summed E-state index contributed by atoms with van der Waals surface area (Å²) in [4.78, 5) is 37.2. The van der Waals surface area contributed by atoms with Crippen LogP contribution in [0, 0.1) is 5.82 Å². The first-order valence-electron chi connectivity index (χ1n) is 8.77. The first kappa shape index (κ1) is 19.8. The van der Waals surface area contributed by atoms with Crippen LogP contribution in [0.1, 0.15) is 33.1 Å². The molecule has 1 aliphatic heterocycles. The van der Waals surface area contributed by atoms with Crippen molar-refractivity contribution in [3.05, 3.63) is 24.0 Å². The zero-order valence-corrected chi connectivity index (χ0v) is 15.1. The van der Waals surface area contributed by atoms with E-state index in [0.717, 1.165) is 25.5 Å². The minimum atomic E-state index is -0.949. The van der Waals surface area contributed by atoms with Crippen molar-refractivity contribution in [3.8, 4) is 0 Å². The Morgan fingerprint density at radius 3 is 2.65 bits per heavy atom. The van der Waals surface area contributed by atoms with Crippen molar-refractivity contribution in [1.29, 1.82) is 0 Å². The van der Waals surface area contributed by atoms with E-state index in [1.165, 1.54) is 25.5 Å². The van der Waals surface area contributed by atoms with E-state index in [1.54, 1.807) is 0 Å². The van der Waals surface area contributed by atoms with Gasteiger partial charge >= 0.3 is 11.8 Å². The standard InChI is InChI=1S/C18H25FN4O3/c1-12-5-3-4-9-23(12)10-8-20-17(25)18(26)22-16-11-14(21-13(2)24)6-7-15(16)19/h6-7,11-12H,3-5,8-10H2,1-2H3,(H,20,25)(H,21,24)(H,22,26). The molecule has 0 bridgehead atoms. The van der Waals surface area contributed by atoms with Crippen LogP contribution in [0.25, 0.3) is 0 Å². The maximum absolute atomic E-state index is 13.8. The molecule has 3 N–H and O–H groups in total. The van der Waals surface area contributed by atoms with Crippen LogP contribution in [0.3, 0.4) is 0 Å². The number of halogens is 1. The number of anilines is 2. The smallest absolute Gasteiger partial charge is 0.313 e. The fourth-order valence-corrected chi connectivity index (χ4v) is 2.96. The molecule has 1 aromatic carbocycles. The summed E-state index contributed by atoms with van der Waals surface area (Å²) < 4.78 is 13.8. The molecule has 7 nitrogen and oxygen atoms in total. The van der Waals surface area contributed by atoms with Crippen LogP contribution in [-0.4, -0.2) is 48.3 Å². The molecular formula is C18H25FN4O3. The van der Waals surface area contributed by atoms with E-state index >= 15 is 0 Å². The molecule has 1 saturated heterocycles. The average molecular weight is 364 g/mol. The topological polar surface area (TPSA) is 90.5 Å². The number of benzene rings is 1. The van der Waals surface area contributed by atoms with Gasteiger partial charge in [-0.1, -0.05) is 6.42 Å². The second-order valence-electron chi connectivity index (χ2n) is 6.47. The number of nitrogens with one attached hydrogen (secondary N) is 3. The minimum absolute atomic E-state index is 0.166. The maximum atomic E-state index is 13.8. The molecule has 0 saturated carbocycles. The van der Waals surface area contributed by atoms with E-state index in [-0.39, 0.29) is 11.6 Å². The van der Waals surface area contributed by atoms with Crippen molar-refractivity contribution in [2.24, 2.45) is 0 Å². The summed E-state index contributed by atoms with van der Waals surface area (Å²) in [6, 6.07) is 4.21. The second kappa shape index (κ2) is 9.28. The fraction of sp³-hybridized carbons (Fsp3) is 0.500. The Kier molecular flexibility index (Phi) is 7.08. The van der Waals surface area contributed by atoms with Crippen molar-refractivity contribution in [1.82, 2.24) is 10.2 Å². The molecule has 1 heterocycles. The van der Waals surface area contributed by atoms with E-state index in [1.807, 2.05) is 0 Å². The van der Waals surface area contributed by atoms with Gasteiger partial charge in [-0.2, -0.15) is 0 Å². The lowest BCUT2D eigenvalue weighted by molar-refractivity contribution is -0.136. The molecule has 0 radical (unpaired) electrons. The molecule has 26 heavy (non-hydrogen) atoms. The molecule has 1 aromatic rings. The van der Waals surface area contributed by atoms with Crippen LogP contribution in [-0.2, 0) is 14.4 Å². The predicted octanol–water partition coefficient (Wildman–Crippen LogP) is 1.71. The third kappa shape index (κ3) is 5.80. The lowest BCUT2D eigenvalue weighted by Crippen LogP contribution is -2.44. The van der Waals surface area contributed by atoms with Crippen molar-refractivity contribution in [2.45, 2.75) is 39.2 Å². The largest absolute Gasteiger partial charge is 0.347 e. The lowest BCUT2D eigenvalue weighted by Gasteiger charge is -2.33. The van der Waals surface area contributed by atoms with Crippen LogP contribution in [0.4, 0.5) is 15.8 Å². The van der Waals surface area contributed by atoms with Gasteiger partial charge in [-0.3, -0.25) is 19.3 Å². The molecule has 3 amide bonds. The van der Waals surface area contributed by atoms with Crippen LogP contribution in [0.15, 0.2) is 18.2 Å². The van der Waals surface area contributed by atoms with E-state index in [4.69, 9.17) is 0 Å². The van der Waals surface area contributed by atoms with E-state index < -0.39 is 17.6 Å². The first-order valence-corrected chi connectivity index (χ1v) is 8.77. The van der Waals surface area contributed by atoms with Gasteiger partial charge in [0.2, 0.25) is 5.91 Å². The van der Waals surface area contributed by atoms with Gasteiger partial charge in [0.15, 0.2) is 0 Å². The number of rotatable bonds is 5. The van der Waals surface area contributed by atoms with Crippen LogP contribution < -0.4 is 16.0 Å². The van der Waals surface area contributed by atoms with Gasteiger partial charge in [-0.05, 0) is 44.5 Å². The van der Waals surface area contributed by atoms with Gasteiger partial charge < -0.3 is 16.0 Å². The molecule has 0 spiro atoms. The molecule has 142 valence electrons. The third-order valence-corrected chi connectivity index (χ3v) is 4.37. The number of carbonyl (C=O) groups is 3. The van der Waals surface area contributed by atoms with Gasteiger partial charge in [0.1, 0.15) is 5.82 Å². The SMILES string of the molecule is CC(=O)Nc1ccc(F)c(NC(=O)C(=O)NCCN2CCCCC2C)c1. The first-order chi connectivity index (χ1) is 12.4. The van der Waals surface area contributed by atoms with Crippen molar-refractivity contribution in [3.63, 3.8) is 0 Å². The minimum Gasteiger partial charge on any atom is -0.347 e. The molecule has 1 atom stereocenters. The van der Waals surface area contributed by atoms with Gasteiger partial charge in [-0.25, -0.2) is 4.39 Å². The van der Waals surface area contributed by atoms with Crippen LogP contribution in [0.2, 0.25) is 0 Å². The number of hydrogen-bond donors (Lipinski definition) is 3. The number of amides is 3. The lowest BCUT2D eigenvalue weighted by atomic mass is 10.0. The number of nitrogens with zero attached hydrogens (tertiary/aromatic N) is 1. The average Bonchev–Trinajstić information content (AvgIpc) is 2.59. The Balaban J connectivity index is 1.84. The Hall–Kier alpha value is -2.48. The van der Waals surface area contributed by atoms with E-state index in [0.29, 0.717) is 24.8 Å². The van der Waals surface area contributed by atoms with Gasteiger partial charge in [0.25, 0.3) is 0 Å². The zero-order chi connectivity index (χ0) is 19.1. The van der Waals surface area contributed by atoms with Crippen molar-refractivity contribution in [2.75, 3.05) is 30.3 Å². The zero-order valence-electron chi connectivity index (χ0n) is 15.1. The Bertz CT molecular complexity index is 680. The van der Waals surface area contributed by atoms with Gasteiger partial charge in [0.05, 0.1) is 5.69 Å². The molecule has 8 heteroatoms. The summed E-state index contributed by atoms with van der Waals surface area (Å²) in [5, 5.41) is 7.27. The van der Waals surface area contributed by atoms with Crippen LogP contribution >= 0.6 is 0 Å². The molecule has 1 aliphatic rings. The summed E-state index contributed by atoms with van der Waals surface area (Å²) in [5.41, 5.74) is 0.162.